The van der Waals surface area contributed by atoms with Crippen LogP contribution in [0.5, 0.6) is 0 Å². The maximum Gasteiger partial charge on any atom is 0.309 e. The number of thioether (sulfide) groups is 1. The van der Waals surface area contributed by atoms with E-state index in [0.717, 1.165) is 37.0 Å². The van der Waals surface area contributed by atoms with Crippen molar-refractivity contribution >= 4 is 27.8 Å². The highest BCUT2D eigenvalue weighted by molar-refractivity contribution is 8.00. The van der Waals surface area contributed by atoms with Gasteiger partial charge in [-0.05, 0) is 55.3 Å². The SMILES string of the molecule is CCCCS[C@H]1[C@@H](C(=O)O)[C@H](c2cccc(F)c2)N(S(=O)(=O)c2ccc(C)cc2)[C@@H]1CCCC. The highest BCUT2D eigenvalue weighted by Crippen LogP contribution is 2.50. The predicted molar refractivity (Wildman–Crippen MR) is 135 cm³/mol. The summed E-state index contributed by atoms with van der Waals surface area (Å²) in [4.78, 5) is 12.8. The monoisotopic (exact) mass is 507 g/mol. The van der Waals surface area contributed by atoms with Crippen LogP contribution in [0.25, 0.3) is 0 Å². The molecule has 4 atom stereocenters. The number of rotatable bonds is 11. The number of unbranched alkanes of at least 4 members (excludes halogenated alkanes) is 2. The molecule has 2 aromatic carbocycles. The Morgan fingerprint density at radius 1 is 1.09 bits per heavy atom. The van der Waals surface area contributed by atoms with E-state index in [-0.39, 0.29) is 4.90 Å². The van der Waals surface area contributed by atoms with Crippen LogP contribution in [0.1, 0.15) is 63.1 Å². The fourth-order valence-electron chi connectivity index (χ4n) is 4.69. The molecule has 0 spiro atoms. The van der Waals surface area contributed by atoms with E-state index in [1.807, 2.05) is 13.8 Å². The summed E-state index contributed by atoms with van der Waals surface area (Å²) in [5, 5.41) is 9.92. The second-order valence-corrected chi connectivity index (χ2v) is 12.0. The summed E-state index contributed by atoms with van der Waals surface area (Å²) in [5.41, 5.74) is 1.31. The van der Waals surface area contributed by atoms with Gasteiger partial charge in [-0.25, -0.2) is 12.8 Å². The first kappa shape index (κ1) is 26.7. The molecule has 1 saturated heterocycles. The van der Waals surface area contributed by atoms with Gasteiger partial charge in [0.25, 0.3) is 0 Å². The summed E-state index contributed by atoms with van der Waals surface area (Å²) in [5.74, 6) is -1.79. The Labute approximate surface area is 206 Å². The average molecular weight is 508 g/mol. The molecule has 2 aromatic rings. The zero-order chi connectivity index (χ0) is 24.9. The molecule has 1 heterocycles. The van der Waals surface area contributed by atoms with E-state index in [9.17, 15) is 22.7 Å². The molecule has 34 heavy (non-hydrogen) atoms. The van der Waals surface area contributed by atoms with Crippen molar-refractivity contribution in [2.24, 2.45) is 5.92 Å². The van der Waals surface area contributed by atoms with Gasteiger partial charge in [-0.15, -0.1) is 0 Å². The normalized spacial score (nSPS) is 23.3. The van der Waals surface area contributed by atoms with Gasteiger partial charge in [0.2, 0.25) is 10.0 Å². The smallest absolute Gasteiger partial charge is 0.309 e. The summed E-state index contributed by atoms with van der Waals surface area (Å²) >= 11 is 1.54. The van der Waals surface area contributed by atoms with Crippen LogP contribution < -0.4 is 0 Å². The van der Waals surface area contributed by atoms with Crippen LogP contribution in [0.4, 0.5) is 4.39 Å². The summed E-state index contributed by atoms with van der Waals surface area (Å²) < 4.78 is 43.8. The molecule has 1 aliphatic rings. The number of sulfonamides is 1. The highest BCUT2D eigenvalue weighted by atomic mass is 32.2. The van der Waals surface area contributed by atoms with Crippen molar-refractivity contribution in [1.29, 1.82) is 0 Å². The maximum atomic E-state index is 14.3. The molecule has 3 rings (SSSR count). The van der Waals surface area contributed by atoms with Crippen molar-refractivity contribution in [3.8, 4) is 0 Å². The van der Waals surface area contributed by atoms with Crippen LogP contribution in [-0.4, -0.2) is 40.8 Å². The molecule has 1 N–H and O–H groups in total. The van der Waals surface area contributed by atoms with Crippen molar-refractivity contribution in [2.75, 3.05) is 5.75 Å². The van der Waals surface area contributed by atoms with Gasteiger partial charge < -0.3 is 5.11 Å². The number of aryl methyl sites for hydroxylation is 1. The lowest BCUT2D eigenvalue weighted by atomic mass is 9.92. The first-order valence-electron chi connectivity index (χ1n) is 11.9. The Morgan fingerprint density at radius 2 is 1.76 bits per heavy atom. The Balaban J connectivity index is 2.21. The Morgan fingerprint density at radius 3 is 2.35 bits per heavy atom. The number of carboxylic acids is 1. The predicted octanol–water partition coefficient (Wildman–Crippen LogP) is 6.04. The zero-order valence-electron chi connectivity index (χ0n) is 20.0. The van der Waals surface area contributed by atoms with Crippen LogP contribution in [0, 0.1) is 18.7 Å². The summed E-state index contributed by atoms with van der Waals surface area (Å²) in [6.45, 7) is 5.99. The lowest BCUT2D eigenvalue weighted by molar-refractivity contribution is -0.142. The Kier molecular flexibility index (Phi) is 9.18. The van der Waals surface area contributed by atoms with Gasteiger partial charge in [0.05, 0.1) is 16.9 Å². The highest BCUT2D eigenvalue weighted by Gasteiger charge is 2.57. The fraction of sp³-hybridized carbons (Fsp3) is 0.500. The molecular formula is C26H34FNO4S2. The van der Waals surface area contributed by atoms with Crippen LogP contribution in [0.15, 0.2) is 53.4 Å². The van der Waals surface area contributed by atoms with Crippen LogP contribution >= 0.6 is 11.8 Å². The number of benzene rings is 2. The van der Waals surface area contributed by atoms with E-state index < -0.39 is 45.1 Å². The molecule has 0 bridgehead atoms. The average Bonchev–Trinajstić information content (AvgIpc) is 3.13. The minimum atomic E-state index is -4.04. The third-order valence-electron chi connectivity index (χ3n) is 6.41. The molecular weight excluding hydrogens is 473 g/mol. The Bertz CT molecular complexity index is 1070. The molecule has 0 saturated carbocycles. The minimum Gasteiger partial charge on any atom is -0.481 e. The number of hydrogen-bond acceptors (Lipinski definition) is 4. The molecule has 1 fully saturated rings. The number of halogens is 1. The van der Waals surface area contributed by atoms with E-state index in [0.29, 0.717) is 12.0 Å². The molecule has 5 nitrogen and oxygen atoms in total. The molecule has 0 aliphatic carbocycles. The van der Waals surface area contributed by atoms with E-state index in [4.69, 9.17) is 0 Å². The lowest BCUT2D eigenvalue weighted by Gasteiger charge is -2.31. The van der Waals surface area contributed by atoms with E-state index in [1.54, 1.807) is 42.1 Å². The van der Waals surface area contributed by atoms with Gasteiger partial charge in [0.15, 0.2) is 0 Å². The van der Waals surface area contributed by atoms with Gasteiger partial charge >= 0.3 is 5.97 Å². The molecule has 0 aromatic heterocycles. The quantitative estimate of drug-likeness (QED) is 0.375. The molecule has 0 unspecified atom stereocenters. The largest absolute Gasteiger partial charge is 0.481 e. The van der Waals surface area contributed by atoms with Crippen LogP contribution in [-0.2, 0) is 14.8 Å². The van der Waals surface area contributed by atoms with Crippen molar-refractivity contribution < 1.29 is 22.7 Å². The van der Waals surface area contributed by atoms with E-state index in [1.165, 1.54) is 22.5 Å². The summed E-state index contributed by atoms with van der Waals surface area (Å²) in [6.07, 6.45) is 4.08. The molecule has 8 heteroatoms. The van der Waals surface area contributed by atoms with Gasteiger partial charge in [-0.3, -0.25) is 4.79 Å². The van der Waals surface area contributed by atoms with Crippen molar-refractivity contribution in [1.82, 2.24) is 4.31 Å². The first-order chi connectivity index (χ1) is 16.2. The fourth-order valence-corrected chi connectivity index (χ4v) is 8.33. The van der Waals surface area contributed by atoms with Gasteiger partial charge in [0, 0.05) is 11.3 Å². The number of aliphatic carboxylic acids is 1. The van der Waals surface area contributed by atoms with Crippen LogP contribution in [0.2, 0.25) is 0 Å². The molecule has 1 aliphatic heterocycles. The second-order valence-electron chi connectivity index (χ2n) is 8.91. The number of carboxylic acid groups (broad SMARTS) is 1. The van der Waals surface area contributed by atoms with Gasteiger partial charge in [-0.1, -0.05) is 62.9 Å². The molecule has 0 amide bonds. The Hall–Kier alpha value is -1.90. The topological polar surface area (TPSA) is 74.7 Å². The third-order valence-corrected chi connectivity index (χ3v) is 9.85. The number of hydrogen-bond donors (Lipinski definition) is 1. The van der Waals surface area contributed by atoms with Crippen molar-refractivity contribution in [3.63, 3.8) is 0 Å². The summed E-state index contributed by atoms with van der Waals surface area (Å²) in [6, 6.07) is 10.8. The van der Waals surface area contributed by atoms with E-state index >= 15 is 0 Å². The van der Waals surface area contributed by atoms with Gasteiger partial charge in [0.1, 0.15) is 5.82 Å². The van der Waals surface area contributed by atoms with E-state index in [2.05, 4.69) is 6.92 Å². The van der Waals surface area contributed by atoms with Crippen LogP contribution in [0.3, 0.4) is 0 Å². The first-order valence-corrected chi connectivity index (χ1v) is 14.4. The molecule has 0 radical (unpaired) electrons. The zero-order valence-corrected chi connectivity index (χ0v) is 21.6. The standard InChI is InChI=1S/C26H34FNO4S2/c1-4-6-11-22-25(33-16-7-5-2)23(26(29)30)24(19-9-8-10-20(27)17-19)28(22)34(31,32)21-14-12-18(3)13-15-21/h8-10,12-15,17,22-25H,4-7,11,16H2,1-3H3,(H,29,30)/t22-,23+,24+,25-/m1/s1. The number of nitrogens with zero attached hydrogens (tertiary/aromatic N) is 1. The maximum absolute atomic E-state index is 14.3. The van der Waals surface area contributed by atoms with Gasteiger partial charge in [-0.2, -0.15) is 16.1 Å². The third kappa shape index (κ3) is 5.66. The lowest BCUT2D eigenvalue weighted by Crippen LogP contribution is -2.40. The van der Waals surface area contributed by atoms with Crippen molar-refractivity contribution in [2.45, 2.75) is 75.1 Å². The molecule has 186 valence electrons. The van der Waals surface area contributed by atoms with Crippen molar-refractivity contribution in [3.05, 3.63) is 65.5 Å². The summed E-state index contributed by atoms with van der Waals surface area (Å²) in [7, 11) is -4.04. The number of carbonyl (C=O) groups is 1. The second kappa shape index (κ2) is 11.7. The minimum absolute atomic E-state index is 0.129.